The smallest absolute Gasteiger partial charge is 0.379 e. The number of nitrogens with one attached hydrogen (secondary N) is 1. The fourth-order valence-electron chi connectivity index (χ4n) is 3.35. The van der Waals surface area contributed by atoms with Gasteiger partial charge in [-0.1, -0.05) is 18.2 Å². The van der Waals surface area contributed by atoms with Gasteiger partial charge in [-0.05, 0) is 37.4 Å². The molecule has 3 rings (SSSR count). The van der Waals surface area contributed by atoms with Crippen molar-refractivity contribution in [1.29, 1.82) is 0 Å². The number of guanidine groups is 1. The van der Waals surface area contributed by atoms with Crippen LogP contribution >= 0.6 is 0 Å². The Balaban J connectivity index is 1.46. The van der Waals surface area contributed by atoms with Crippen molar-refractivity contribution >= 4 is 5.96 Å². The van der Waals surface area contributed by atoms with E-state index in [4.69, 9.17) is 10.5 Å². The Morgan fingerprint density at radius 1 is 1.26 bits per heavy atom. The number of nitrogens with zero attached hydrogens (tertiary/aromatic N) is 2. The summed E-state index contributed by atoms with van der Waals surface area (Å²) in [6.45, 7) is 5.62. The van der Waals surface area contributed by atoms with E-state index < -0.39 is 11.7 Å². The van der Waals surface area contributed by atoms with E-state index in [9.17, 15) is 13.2 Å². The van der Waals surface area contributed by atoms with Gasteiger partial charge in [-0.2, -0.15) is 13.2 Å². The Morgan fingerprint density at radius 3 is 2.67 bits per heavy atom. The van der Waals surface area contributed by atoms with Gasteiger partial charge in [-0.25, -0.2) is 0 Å². The molecule has 0 unspecified atom stereocenters. The third kappa shape index (κ3) is 5.59. The second kappa shape index (κ2) is 8.48. The van der Waals surface area contributed by atoms with Crippen molar-refractivity contribution in [2.24, 2.45) is 10.7 Å². The van der Waals surface area contributed by atoms with Crippen molar-refractivity contribution in [3.05, 3.63) is 35.4 Å². The van der Waals surface area contributed by atoms with E-state index in [1.807, 2.05) is 0 Å². The lowest BCUT2D eigenvalue weighted by molar-refractivity contribution is -0.137. The highest BCUT2D eigenvalue weighted by Gasteiger charge is 2.45. The average molecular weight is 384 g/mol. The zero-order chi connectivity index (χ0) is 19.3. The first-order valence-electron chi connectivity index (χ1n) is 9.41. The van der Waals surface area contributed by atoms with Gasteiger partial charge in [0.2, 0.25) is 0 Å². The number of benzene rings is 1. The van der Waals surface area contributed by atoms with Crippen LogP contribution in [0.2, 0.25) is 0 Å². The summed E-state index contributed by atoms with van der Waals surface area (Å²) in [6, 6.07) is 5.57. The maximum Gasteiger partial charge on any atom is 0.416 e. The van der Waals surface area contributed by atoms with Crippen molar-refractivity contribution in [2.75, 3.05) is 45.9 Å². The largest absolute Gasteiger partial charge is 0.416 e. The molecule has 3 N–H and O–H groups in total. The minimum atomic E-state index is -4.32. The molecule has 0 atom stereocenters. The molecule has 1 aromatic rings. The van der Waals surface area contributed by atoms with Crippen molar-refractivity contribution in [3.8, 4) is 0 Å². The standard InChI is InChI=1S/C19H27F3N4O/c20-19(21,22)16-4-1-3-15(13-16)18(5-6-18)14-25-17(23)24-7-2-8-26-9-11-27-12-10-26/h1,3-4,13H,2,5-12,14H2,(H3,23,24,25). The van der Waals surface area contributed by atoms with Crippen molar-refractivity contribution < 1.29 is 17.9 Å². The van der Waals surface area contributed by atoms with Crippen LogP contribution in [0.15, 0.2) is 29.3 Å². The van der Waals surface area contributed by atoms with Gasteiger partial charge in [0.25, 0.3) is 0 Å². The molecule has 1 saturated heterocycles. The maximum atomic E-state index is 12.9. The summed E-state index contributed by atoms with van der Waals surface area (Å²) >= 11 is 0. The molecule has 2 fully saturated rings. The van der Waals surface area contributed by atoms with Crippen LogP contribution in [0.25, 0.3) is 0 Å². The number of ether oxygens (including phenoxy) is 1. The summed E-state index contributed by atoms with van der Waals surface area (Å²) in [5, 5.41) is 3.10. The molecule has 2 aliphatic rings. The number of nitrogens with two attached hydrogens (primary N) is 1. The van der Waals surface area contributed by atoms with Crippen LogP contribution < -0.4 is 11.1 Å². The Morgan fingerprint density at radius 2 is 2.00 bits per heavy atom. The third-order valence-electron chi connectivity index (χ3n) is 5.27. The van der Waals surface area contributed by atoms with Crippen LogP contribution in [-0.2, 0) is 16.3 Å². The van der Waals surface area contributed by atoms with Gasteiger partial charge in [0.1, 0.15) is 0 Å². The van der Waals surface area contributed by atoms with Crippen LogP contribution in [0.1, 0.15) is 30.4 Å². The zero-order valence-electron chi connectivity index (χ0n) is 15.4. The number of alkyl halides is 3. The summed E-state index contributed by atoms with van der Waals surface area (Å²) in [5.41, 5.74) is 5.71. The normalized spacial score (nSPS) is 20.5. The highest BCUT2D eigenvalue weighted by Crippen LogP contribution is 2.49. The molecular weight excluding hydrogens is 357 g/mol. The number of hydrogen-bond donors (Lipinski definition) is 2. The highest BCUT2D eigenvalue weighted by molar-refractivity contribution is 5.77. The predicted molar refractivity (Wildman–Crippen MR) is 98.7 cm³/mol. The molecule has 1 saturated carbocycles. The van der Waals surface area contributed by atoms with Gasteiger partial charge in [0.05, 0.1) is 25.3 Å². The Kier molecular flexibility index (Phi) is 6.26. The zero-order valence-corrected chi connectivity index (χ0v) is 15.4. The van der Waals surface area contributed by atoms with Crippen LogP contribution in [0, 0.1) is 0 Å². The molecule has 0 amide bonds. The van der Waals surface area contributed by atoms with Gasteiger partial charge in [-0.3, -0.25) is 9.89 Å². The molecule has 1 aliphatic heterocycles. The molecule has 0 radical (unpaired) electrons. The molecule has 0 bridgehead atoms. The molecule has 0 aromatic heterocycles. The Hall–Kier alpha value is -1.80. The number of morpholine rings is 1. The monoisotopic (exact) mass is 384 g/mol. The first kappa shape index (κ1) is 19.9. The summed E-state index contributed by atoms with van der Waals surface area (Å²) in [5.74, 6) is 0.357. The van der Waals surface area contributed by atoms with E-state index >= 15 is 0 Å². The van der Waals surface area contributed by atoms with Gasteiger partial charge in [0.15, 0.2) is 5.96 Å². The van der Waals surface area contributed by atoms with E-state index in [2.05, 4.69) is 15.2 Å². The minimum absolute atomic E-state index is 0.304. The lowest BCUT2D eigenvalue weighted by atomic mass is 9.94. The lowest BCUT2D eigenvalue weighted by Crippen LogP contribution is -2.39. The van der Waals surface area contributed by atoms with E-state index in [1.165, 1.54) is 12.1 Å². The van der Waals surface area contributed by atoms with E-state index in [-0.39, 0.29) is 5.41 Å². The molecule has 5 nitrogen and oxygen atoms in total. The fourth-order valence-corrected chi connectivity index (χ4v) is 3.35. The van der Waals surface area contributed by atoms with E-state index in [1.54, 1.807) is 6.07 Å². The Bertz CT molecular complexity index is 653. The maximum absolute atomic E-state index is 12.9. The second-order valence-electron chi connectivity index (χ2n) is 7.29. The summed E-state index contributed by atoms with van der Waals surface area (Å²) in [7, 11) is 0. The number of rotatable bonds is 7. The predicted octanol–water partition coefficient (Wildman–Crippen LogP) is 2.36. The van der Waals surface area contributed by atoms with Crippen molar-refractivity contribution in [1.82, 2.24) is 10.2 Å². The molecule has 150 valence electrons. The fraction of sp³-hybridized carbons (Fsp3) is 0.632. The summed E-state index contributed by atoms with van der Waals surface area (Å²) in [4.78, 5) is 6.73. The number of aliphatic imine (C=N–C) groups is 1. The summed E-state index contributed by atoms with van der Waals surface area (Å²) in [6.07, 6.45) is -1.70. The molecule has 27 heavy (non-hydrogen) atoms. The SMILES string of the molecule is NC(=NCC1(c2cccc(C(F)(F)F)c2)CC1)NCCCN1CCOCC1. The lowest BCUT2D eigenvalue weighted by Gasteiger charge is -2.26. The van der Waals surface area contributed by atoms with Gasteiger partial charge < -0.3 is 15.8 Å². The van der Waals surface area contributed by atoms with Gasteiger partial charge in [-0.15, -0.1) is 0 Å². The van der Waals surface area contributed by atoms with E-state index in [0.29, 0.717) is 18.1 Å². The molecule has 1 aromatic carbocycles. The average Bonchev–Trinajstić information content (AvgIpc) is 3.45. The second-order valence-corrected chi connectivity index (χ2v) is 7.29. The number of halogens is 3. The van der Waals surface area contributed by atoms with E-state index in [0.717, 1.165) is 64.7 Å². The summed E-state index contributed by atoms with van der Waals surface area (Å²) < 4.78 is 44.1. The van der Waals surface area contributed by atoms with Crippen LogP contribution in [0.5, 0.6) is 0 Å². The molecule has 1 aliphatic carbocycles. The van der Waals surface area contributed by atoms with Crippen LogP contribution in [-0.4, -0.2) is 56.8 Å². The molecule has 1 heterocycles. The van der Waals surface area contributed by atoms with Crippen LogP contribution in [0.4, 0.5) is 13.2 Å². The molecular formula is C19H27F3N4O. The first-order valence-corrected chi connectivity index (χ1v) is 9.41. The van der Waals surface area contributed by atoms with Crippen molar-refractivity contribution in [3.63, 3.8) is 0 Å². The van der Waals surface area contributed by atoms with Crippen LogP contribution in [0.3, 0.4) is 0 Å². The molecule has 8 heteroatoms. The topological polar surface area (TPSA) is 62.9 Å². The first-order chi connectivity index (χ1) is 12.9. The highest BCUT2D eigenvalue weighted by atomic mass is 19.4. The quantitative estimate of drug-likeness (QED) is 0.430. The minimum Gasteiger partial charge on any atom is -0.379 e. The van der Waals surface area contributed by atoms with Crippen molar-refractivity contribution in [2.45, 2.75) is 30.9 Å². The molecule has 0 spiro atoms. The third-order valence-corrected chi connectivity index (χ3v) is 5.27. The van der Waals surface area contributed by atoms with Gasteiger partial charge >= 0.3 is 6.18 Å². The van der Waals surface area contributed by atoms with Gasteiger partial charge in [0, 0.05) is 25.0 Å². The Labute approximate surface area is 157 Å². The number of hydrogen-bond acceptors (Lipinski definition) is 3.